The molecule has 0 unspecified atom stereocenters. The zero-order chi connectivity index (χ0) is 14.7. The Kier molecular flexibility index (Phi) is 3.95. The number of halogens is 1. The van der Waals surface area contributed by atoms with Crippen LogP contribution in [0.25, 0.3) is 0 Å². The molecule has 0 saturated heterocycles. The van der Waals surface area contributed by atoms with E-state index in [1.54, 1.807) is 18.2 Å². The Morgan fingerprint density at radius 2 is 2.00 bits per heavy atom. The fraction of sp³-hybridized carbons (Fsp3) is 0.0769. The molecule has 0 aromatic heterocycles. The second kappa shape index (κ2) is 5.66. The summed E-state index contributed by atoms with van der Waals surface area (Å²) in [6, 6.07) is 8.66. The number of nitro benzene ring substituents is 1. The largest absolute Gasteiger partial charge is 0.508 e. The highest BCUT2D eigenvalue weighted by atomic mass is 35.5. The lowest BCUT2D eigenvalue weighted by Crippen LogP contribution is -2.02. The topological polar surface area (TPSA) is 95.6 Å². The van der Waals surface area contributed by atoms with Gasteiger partial charge in [0.1, 0.15) is 17.2 Å². The molecular weight excluding hydrogens is 284 g/mol. The van der Waals surface area contributed by atoms with Gasteiger partial charge in [0.25, 0.3) is 5.69 Å². The van der Waals surface area contributed by atoms with E-state index in [-0.39, 0.29) is 34.4 Å². The summed E-state index contributed by atoms with van der Waals surface area (Å²) in [7, 11) is 0. The van der Waals surface area contributed by atoms with E-state index in [9.17, 15) is 20.3 Å². The molecule has 2 rings (SSSR count). The van der Waals surface area contributed by atoms with Gasteiger partial charge in [-0.05, 0) is 18.2 Å². The number of rotatable bonds is 4. The molecule has 0 radical (unpaired) electrons. The molecule has 3 N–H and O–H groups in total. The zero-order valence-corrected chi connectivity index (χ0v) is 11.0. The van der Waals surface area contributed by atoms with Crippen LogP contribution in [0.4, 0.5) is 11.4 Å². The molecule has 104 valence electrons. The van der Waals surface area contributed by atoms with Crippen molar-refractivity contribution in [2.24, 2.45) is 0 Å². The Hall–Kier alpha value is -2.47. The Morgan fingerprint density at radius 1 is 1.25 bits per heavy atom. The van der Waals surface area contributed by atoms with Crippen LogP contribution in [0.5, 0.6) is 11.5 Å². The number of hydrogen-bond donors (Lipinski definition) is 3. The zero-order valence-electron chi connectivity index (χ0n) is 10.2. The summed E-state index contributed by atoms with van der Waals surface area (Å²) in [5.74, 6) is -0.254. The van der Waals surface area contributed by atoms with E-state index in [0.29, 0.717) is 5.56 Å². The molecule has 0 atom stereocenters. The van der Waals surface area contributed by atoms with Crippen molar-refractivity contribution in [1.29, 1.82) is 0 Å². The monoisotopic (exact) mass is 294 g/mol. The van der Waals surface area contributed by atoms with Crippen molar-refractivity contribution < 1.29 is 15.1 Å². The fourth-order valence-electron chi connectivity index (χ4n) is 1.71. The summed E-state index contributed by atoms with van der Waals surface area (Å²) in [6.07, 6.45) is 0. The number of aromatic hydroxyl groups is 2. The second-order valence-corrected chi connectivity index (χ2v) is 4.47. The molecule has 7 heteroatoms. The van der Waals surface area contributed by atoms with Gasteiger partial charge in [-0.1, -0.05) is 23.7 Å². The number of anilines is 1. The van der Waals surface area contributed by atoms with E-state index in [1.807, 2.05) is 0 Å². The van der Waals surface area contributed by atoms with Crippen LogP contribution in [0.1, 0.15) is 5.56 Å². The van der Waals surface area contributed by atoms with Gasteiger partial charge >= 0.3 is 0 Å². The first-order valence-corrected chi connectivity index (χ1v) is 6.04. The molecule has 0 heterocycles. The number of benzene rings is 2. The van der Waals surface area contributed by atoms with E-state index >= 15 is 0 Å². The summed E-state index contributed by atoms with van der Waals surface area (Å²) in [4.78, 5) is 10.3. The van der Waals surface area contributed by atoms with Crippen LogP contribution in [0.2, 0.25) is 5.02 Å². The highest BCUT2D eigenvalue weighted by Crippen LogP contribution is 2.31. The molecule has 20 heavy (non-hydrogen) atoms. The molecule has 0 amide bonds. The van der Waals surface area contributed by atoms with E-state index in [2.05, 4.69) is 5.32 Å². The van der Waals surface area contributed by atoms with Crippen molar-refractivity contribution in [1.82, 2.24) is 0 Å². The first-order chi connectivity index (χ1) is 9.49. The van der Waals surface area contributed by atoms with Gasteiger partial charge in [0.15, 0.2) is 0 Å². The quantitative estimate of drug-likeness (QED) is 0.457. The predicted molar refractivity (Wildman–Crippen MR) is 75.2 cm³/mol. The molecule has 0 aliphatic rings. The smallest absolute Gasteiger partial charge is 0.296 e. The number of nitro groups is 1. The third-order valence-corrected chi connectivity index (χ3v) is 3.02. The maximum atomic E-state index is 10.9. The van der Waals surface area contributed by atoms with Gasteiger partial charge in [-0.15, -0.1) is 0 Å². The Bertz CT molecular complexity index is 661. The normalized spacial score (nSPS) is 10.2. The van der Waals surface area contributed by atoms with Gasteiger partial charge in [0, 0.05) is 12.1 Å². The van der Waals surface area contributed by atoms with Crippen molar-refractivity contribution in [2.75, 3.05) is 5.32 Å². The van der Waals surface area contributed by atoms with Crippen LogP contribution < -0.4 is 5.32 Å². The average Bonchev–Trinajstić information content (AvgIpc) is 2.41. The number of nitrogens with one attached hydrogen (secondary N) is 1. The Labute approximate surface area is 119 Å². The van der Waals surface area contributed by atoms with E-state index in [0.717, 1.165) is 6.07 Å². The number of phenols is 2. The van der Waals surface area contributed by atoms with Gasteiger partial charge in [0.2, 0.25) is 0 Å². The molecule has 2 aromatic carbocycles. The Morgan fingerprint density at radius 3 is 2.70 bits per heavy atom. The summed E-state index contributed by atoms with van der Waals surface area (Å²) in [6.45, 7) is 0.165. The maximum Gasteiger partial charge on any atom is 0.296 e. The SMILES string of the molecule is O=[N+]([O-])c1cc(O)ccc1NCc1cccc(Cl)c1O. The van der Waals surface area contributed by atoms with Gasteiger partial charge in [-0.25, -0.2) is 0 Å². The van der Waals surface area contributed by atoms with Gasteiger partial charge in [0.05, 0.1) is 16.0 Å². The van der Waals surface area contributed by atoms with Crippen LogP contribution in [0.15, 0.2) is 36.4 Å². The summed E-state index contributed by atoms with van der Waals surface area (Å²) in [5, 5.41) is 33.0. The van der Waals surface area contributed by atoms with Crippen molar-refractivity contribution in [3.05, 3.63) is 57.1 Å². The molecule has 0 saturated carbocycles. The highest BCUT2D eigenvalue weighted by molar-refractivity contribution is 6.32. The molecule has 0 bridgehead atoms. The third-order valence-electron chi connectivity index (χ3n) is 2.72. The lowest BCUT2D eigenvalue weighted by atomic mass is 10.2. The minimum Gasteiger partial charge on any atom is -0.508 e. The van der Waals surface area contributed by atoms with Crippen LogP contribution in [-0.2, 0) is 6.54 Å². The minimum atomic E-state index is -0.597. The van der Waals surface area contributed by atoms with Crippen molar-refractivity contribution in [3.63, 3.8) is 0 Å². The van der Waals surface area contributed by atoms with Crippen LogP contribution in [-0.4, -0.2) is 15.1 Å². The number of phenolic OH excluding ortho intramolecular Hbond substituents is 2. The standard InChI is InChI=1S/C13H11ClN2O4/c14-10-3-1-2-8(13(10)18)7-15-11-5-4-9(17)6-12(11)16(19)20/h1-6,15,17-18H,7H2. The fourth-order valence-corrected chi connectivity index (χ4v) is 1.91. The van der Waals surface area contributed by atoms with E-state index in [4.69, 9.17) is 11.6 Å². The average molecular weight is 295 g/mol. The van der Waals surface area contributed by atoms with Gasteiger partial charge in [-0.3, -0.25) is 10.1 Å². The van der Waals surface area contributed by atoms with Crippen molar-refractivity contribution in [3.8, 4) is 11.5 Å². The van der Waals surface area contributed by atoms with Crippen molar-refractivity contribution >= 4 is 23.0 Å². The summed E-state index contributed by atoms with van der Waals surface area (Å²) in [5.41, 5.74) is 0.513. The number of hydrogen-bond acceptors (Lipinski definition) is 5. The molecule has 0 spiro atoms. The van der Waals surface area contributed by atoms with Crippen LogP contribution in [0.3, 0.4) is 0 Å². The van der Waals surface area contributed by atoms with Crippen molar-refractivity contribution in [2.45, 2.75) is 6.54 Å². The predicted octanol–water partition coefficient (Wildman–Crippen LogP) is 3.27. The van der Waals surface area contributed by atoms with Gasteiger partial charge in [-0.2, -0.15) is 0 Å². The summed E-state index contributed by atoms with van der Waals surface area (Å²) < 4.78 is 0. The first kappa shape index (κ1) is 14.0. The number of nitrogens with zero attached hydrogens (tertiary/aromatic N) is 1. The number of para-hydroxylation sites is 1. The summed E-state index contributed by atoms with van der Waals surface area (Å²) >= 11 is 5.78. The highest BCUT2D eigenvalue weighted by Gasteiger charge is 2.15. The minimum absolute atomic E-state index is 0.0666. The second-order valence-electron chi connectivity index (χ2n) is 4.06. The molecular formula is C13H11ClN2O4. The molecule has 0 aliphatic carbocycles. The lowest BCUT2D eigenvalue weighted by molar-refractivity contribution is -0.384. The first-order valence-electron chi connectivity index (χ1n) is 5.66. The lowest BCUT2D eigenvalue weighted by Gasteiger charge is -2.09. The third kappa shape index (κ3) is 2.92. The van der Waals surface area contributed by atoms with Crippen LogP contribution >= 0.6 is 11.6 Å². The molecule has 6 nitrogen and oxygen atoms in total. The maximum absolute atomic E-state index is 10.9. The Balaban J connectivity index is 2.23. The van der Waals surface area contributed by atoms with E-state index < -0.39 is 4.92 Å². The molecule has 0 fully saturated rings. The molecule has 0 aliphatic heterocycles. The van der Waals surface area contributed by atoms with E-state index in [1.165, 1.54) is 12.1 Å². The van der Waals surface area contributed by atoms with Gasteiger partial charge < -0.3 is 15.5 Å². The van der Waals surface area contributed by atoms with Crippen LogP contribution in [0, 0.1) is 10.1 Å². The molecule has 2 aromatic rings.